The molecule has 1 aliphatic heterocycles. The van der Waals surface area contributed by atoms with Gasteiger partial charge in [-0.1, -0.05) is 25.9 Å². The van der Waals surface area contributed by atoms with Crippen LogP contribution in [0.1, 0.15) is 34.1 Å². The van der Waals surface area contributed by atoms with Crippen molar-refractivity contribution >= 4 is 6.21 Å². The quantitative estimate of drug-likeness (QED) is 0.570. The zero-order valence-electron chi connectivity index (χ0n) is 7.79. The smallest absolute Gasteiger partial charge is 0.132 e. The lowest BCUT2D eigenvalue weighted by Gasteiger charge is -2.22. The van der Waals surface area contributed by atoms with Crippen molar-refractivity contribution in [3.8, 4) is 0 Å². The summed E-state index contributed by atoms with van der Waals surface area (Å²) in [5.41, 5.74) is 0.374. The molecular weight excluding hydrogens is 138 g/mol. The van der Waals surface area contributed by atoms with Crippen molar-refractivity contribution in [2.24, 2.45) is 16.5 Å². The van der Waals surface area contributed by atoms with Gasteiger partial charge >= 0.3 is 0 Å². The Morgan fingerprint density at radius 2 is 2.09 bits per heavy atom. The maximum atomic E-state index is 5.08. The van der Waals surface area contributed by atoms with Crippen molar-refractivity contribution < 1.29 is 4.84 Å². The van der Waals surface area contributed by atoms with Crippen molar-refractivity contribution in [3.05, 3.63) is 0 Å². The number of rotatable bonds is 1. The SMILES string of the molecule is CC1ON=CC1CC(C)(C)C. The molecule has 2 atom stereocenters. The van der Waals surface area contributed by atoms with Crippen molar-refractivity contribution in [1.29, 1.82) is 0 Å². The molecule has 2 unspecified atom stereocenters. The lowest BCUT2D eigenvalue weighted by Crippen LogP contribution is -2.21. The largest absolute Gasteiger partial charge is 0.392 e. The Balaban J connectivity index is 2.43. The summed E-state index contributed by atoms with van der Waals surface area (Å²) in [5.74, 6) is 0.509. The van der Waals surface area contributed by atoms with Crippen molar-refractivity contribution in [1.82, 2.24) is 0 Å². The fourth-order valence-electron chi connectivity index (χ4n) is 1.33. The van der Waals surface area contributed by atoms with Crippen LogP contribution in [0.4, 0.5) is 0 Å². The normalized spacial score (nSPS) is 30.5. The summed E-state index contributed by atoms with van der Waals surface area (Å²) >= 11 is 0. The molecule has 0 saturated carbocycles. The Morgan fingerprint density at radius 1 is 1.45 bits per heavy atom. The maximum Gasteiger partial charge on any atom is 0.132 e. The van der Waals surface area contributed by atoms with Crippen LogP contribution in [0.5, 0.6) is 0 Å². The van der Waals surface area contributed by atoms with Crippen LogP contribution in [0.25, 0.3) is 0 Å². The Labute approximate surface area is 68.6 Å². The average Bonchev–Trinajstić information content (AvgIpc) is 2.12. The molecular formula is C9H17NO. The van der Waals surface area contributed by atoms with Gasteiger partial charge in [0.05, 0.1) is 6.21 Å². The topological polar surface area (TPSA) is 21.6 Å². The highest BCUT2D eigenvalue weighted by Crippen LogP contribution is 2.28. The van der Waals surface area contributed by atoms with E-state index in [-0.39, 0.29) is 6.10 Å². The van der Waals surface area contributed by atoms with Gasteiger partial charge in [0.2, 0.25) is 0 Å². The fraction of sp³-hybridized carbons (Fsp3) is 0.889. The van der Waals surface area contributed by atoms with E-state index < -0.39 is 0 Å². The molecule has 64 valence electrons. The molecule has 0 saturated heterocycles. The minimum atomic E-state index is 0.272. The van der Waals surface area contributed by atoms with Gasteiger partial charge in [-0.15, -0.1) is 0 Å². The second kappa shape index (κ2) is 2.84. The fourth-order valence-corrected chi connectivity index (χ4v) is 1.33. The molecule has 2 heteroatoms. The average molecular weight is 155 g/mol. The molecule has 0 aromatic heterocycles. The number of hydrogen-bond acceptors (Lipinski definition) is 2. The van der Waals surface area contributed by atoms with Gasteiger partial charge in [0.1, 0.15) is 6.10 Å². The van der Waals surface area contributed by atoms with E-state index in [2.05, 4.69) is 32.9 Å². The highest BCUT2D eigenvalue weighted by molar-refractivity contribution is 5.62. The monoisotopic (exact) mass is 155 g/mol. The number of nitrogens with zero attached hydrogens (tertiary/aromatic N) is 1. The standard InChI is InChI=1S/C9H17NO/c1-7-8(6-10-11-7)5-9(2,3)4/h6-8H,5H2,1-4H3. The van der Waals surface area contributed by atoms with E-state index in [1.807, 2.05) is 6.21 Å². The minimum Gasteiger partial charge on any atom is -0.392 e. The molecule has 0 fully saturated rings. The molecule has 0 radical (unpaired) electrons. The van der Waals surface area contributed by atoms with Gasteiger partial charge in [-0.05, 0) is 18.8 Å². The molecule has 0 spiro atoms. The first-order valence-corrected chi connectivity index (χ1v) is 4.18. The Morgan fingerprint density at radius 3 is 2.45 bits per heavy atom. The van der Waals surface area contributed by atoms with Crippen molar-refractivity contribution in [2.45, 2.75) is 40.2 Å². The molecule has 0 aromatic carbocycles. The summed E-state index contributed by atoms with van der Waals surface area (Å²) in [5, 5.41) is 3.80. The molecule has 0 amide bonds. The van der Waals surface area contributed by atoms with Gasteiger partial charge in [-0.2, -0.15) is 0 Å². The van der Waals surface area contributed by atoms with E-state index >= 15 is 0 Å². The summed E-state index contributed by atoms with van der Waals surface area (Å²) < 4.78 is 0. The van der Waals surface area contributed by atoms with Gasteiger partial charge in [0, 0.05) is 5.92 Å². The second-order valence-corrected chi connectivity index (χ2v) is 4.49. The van der Waals surface area contributed by atoms with Crippen LogP contribution in [-0.4, -0.2) is 12.3 Å². The van der Waals surface area contributed by atoms with Crippen molar-refractivity contribution in [3.63, 3.8) is 0 Å². The van der Waals surface area contributed by atoms with E-state index in [0.717, 1.165) is 6.42 Å². The molecule has 0 aromatic rings. The van der Waals surface area contributed by atoms with Crippen LogP contribution in [0.15, 0.2) is 5.16 Å². The van der Waals surface area contributed by atoms with E-state index in [0.29, 0.717) is 11.3 Å². The molecule has 11 heavy (non-hydrogen) atoms. The van der Waals surface area contributed by atoms with Gasteiger partial charge in [-0.3, -0.25) is 0 Å². The summed E-state index contributed by atoms with van der Waals surface area (Å²) in [7, 11) is 0. The van der Waals surface area contributed by atoms with E-state index in [4.69, 9.17) is 4.84 Å². The van der Waals surface area contributed by atoms with E-state index in [1.165, 1.54) is 0 Å². The molecule has 0 bridgehead atoms. The summed E-state index contributed by atoms with van der Waals surface area (Å²) in [6.07, 6.45) is 3.35. The third kappa shape index (κ3) is 2.52. The summed E-state index contributed by atoms with van der Waals surface area (Å²) in [6, 6.07) is 0. The molecule has 2 nitrogen and oxygen atoms in total. The van der Waals surface area contributed by atoms with Gasteiger partial charge in [0.25, 0.3) is 0 Å². The van der Waals surface area contributed by atoms with Crippen LogP contribution in [0.3, 0.4) is 0 Å². The zero-order valence-corrected chi connectivity index (χ0v) is 7.79. The van der Waals surface area contributed by atoms with Crippen LogP contribution in [-0.2, 0) is 4.84 Å². The summed E-state index contributed by atoms with van der Waals surface area (Å²) in [6.45, 7) is 8.80. The Kier molecular flexibility index (Phi) is 2.21. The maximum absolute atomic E-state index is 5.08. The number of oxime groups is 1. The first-order valence-electron chi connectivity index (χ1n) is 4.18. The molecule has 1 rings (SSSR count). The molecule has 1 aliphatic rings. The Hall–Kier alpha value is -0.530. The zero-order chi connectivity index (χ0) is 8.48. The summed E-state index contributed by atoms with van der Waals surface area (Å²) in [4.78, 5) is 5.08. The van der Waals surface area contributed by atoms with Gasteiger partial charge < -0.3 is 4.84 Å². The van der Waals surface area contributed by atoms with Gasteiger partial charge in [-0.25, -0.2) is 0 Å². The van der Waals surface area contributed by atoms with Crippen LogP contribution < -0.4 is 0 Å². The predicted molar refractivity (Wildman–Crippen MR) is 46.6 cm³/mol. The van der Waals surface area contributed by atoms with E-state index in [1.54, 1.807) is 0 Å². The van der Waals surface area contributed by atoms with Crippen molar-refractivity contribution in [2.75, 3.05) is 0 Å². The molecule has 0 aliphatic carbocycles. The number of hydrogen-bond donors (Lipinski definition) is 0. The van der Waals surface area contributed by atoms with Crippen LogP contribution >= 0.6 is 0 Å². The molecule has 0 N–H and O–H groups in total. The first kappa shape index (κ1) is 8.57. The first-order chi connectivity index (χ1) is 4.99. The minimum absolute atomic E-state index is 0.272. The highest BCUT2D eigenvalue weighted by Gasteiger charge is 2.26. The highest BCUT2D eigenvalue weighted by atomic mass is 16.6. The second-order valence-electron chi connectivity index (χ2n) is 4.49. The van der Waals surface area contributed by atoms with Crippen LogP contribution in [0.2, 0.25) is 0 Å². The van der Waals surface area contributed by atoms with Gasteiger partial charge in [0.15, 0.2) is 0 Å². The third-order valence-electron chi connectivity index (χ3n) is 1.93. The third-order valence-corrected chi connectivity index (χ3v) is 1.93. The lowest BCUT2D eigenvalue weighted by molar-refractivity contribution is 0.0657. The van der Waals surface area contributed by atoms with E-state index in [9.17, 15) is 0 Å². The predicted octanol–water partition coefficient (Wildman–Crippen LogP) is 2.44. The lowest BCUT2D eigenvalue weighted by atomic mass is 9.83. The Bertz CT molecular complexity index is 157. The molecule has 1 heterocycles. The van der Waals surface area contributed by atoms with Crippen LogP contribution in [0, 0.1) is 11.3 Å².